The fourth-order valence-electron chi connectivity index (χ4n) is 3.13. The molecule has 0 bridgehead atoms. The molecule has 0 aromatic heterocycles. The molecule has 0 spiro atoms. The smallest absolute Gasteiger partial charge is 0.408 e. The second-order valence-corrected chi connectivity index (χ2v) is 8.64. The average Bonchev–Trinajstić information content (AvgIpc) is 2.65. The highest BCUT2D eigenvalue weighted by atomic mass is 16.6. The van der Waals surface area contributed by atoms with E-state index in [0.29, 0.717) is 5.56 Å². The summed E-state index contributed by atoms with van der Waals surface area (Å²) in [6.45, 7) is 12.5. The number of benzene rings is 1. The van der Waals surface area contributed by atoms with E-state index < -0.39 is 30.2 Å². The number of carbonyl (C=O) groups excluding carboxylic acids is 3. The molecule has 0 aliphatic carbocycles. The van der Waals surface area contributed by atoms with E-state index in [1.165, 1.54) is 0 Å². The first-order valence-corrected chi connectivity index (χ1v) is 10.5. The van der Waals surface area contributed by atoms with E-state index in [2.05, 4.69) is 16.7 Å². The van der Waals surface area contributed by atoms with Gasteiger partial charge in [-0.1, -0.05) is 38.0 Å². The molecule has 0 fully saturated rings. The van der Waals surface area contributed by atoms with Crippen LogP contribution in [0.15, 0.2) is 18.2 Å². The second kappa shape index (κ2) is 11.4. The minimum absolute atomic E-state index is 0.0697. The fourth-order valence-corrected chi connectivity index (χ4v) is 3.13. The van der Waals surface area contributed by atoms with E-state index >= 15 is 0 Å². The van der Waals surface area contributed by atoms with Gasteiger partial charge in [0.25, 0.3) is 5.91 Å². The molecule has 31 heavy (non-hydrogen) atoms. The minimum Gasteiger partial charge on any atom is -0.444 e. The molecular formula is C24H35N3O4. The number of nitrogens with zero attached hydrogens (tertiary/aromatic N) is 1. The third-order valence-corrected chi connectivity index (χ3v) is 4.75. The molecule has 1 rings (SSSR count). The topological polar surface area (TPSA) is 87.7 Å². The third-order valence-electron chi connectivity index (χ3n) is 4.75. The Morgan fingerprint density at radius 3 is 2.42 bits per heavy atom. The first-order chi connectivity index (χ1) is 14.4. The van der Waals surface area contributed by atoms with Gasteiger partial charge in [0.05, 0.1) is 0 Å². The Hall–Kier alpha value is -3.01. The summed E-state index contributed by atoms with van der Waals surface area (Å²) in [6.07, 6.45) is 6.64. The summed E-state index contributed by atoms with van der Waals surface area (Å²) in [5.41, 5.74) is 1.80. The van der Waals surface area contributed by atoms with Gasteiger partial charge in [-0.15, -0.1) is 0 Å². The van der Waals surface area contributed by atoms with Crippen molar-refractivity contribution >= 4 is 17.9 Å². The maximum Gasteiger partial charge on any atom is 0.408 e. The van der Waals surface area contributed by atoms with Crippen LogP contribution < -0.4 is 10.6 Å². The van der Waals surface area contributed by atoms with E-state index in [1.807, 2.05) is 39.8 Å². The van der Waals surface area contributed by atoms with E-state index in [0.717, 1.165) is 28.9 Å². The zero-order valence-electron chi connectivity index (χ0n) is 19.7. The Morgan fingerprint density at radius 1 is 1.23 bits per heavy atom. The van der Waals surface area contributed by atoms with Crippen LogP contribution in [0.5, 0.6) is 0 Å². The van der Waals surface area contributed by atoms with Gasteiger partial charge < -0.3 is 15.4 Å². The first-order valence-electron chi connectivity index (χ1n) is 10.5. The monoisotopic (exact) mass is 429 g/mol. The van der Waals surface area contributed by atoms with Gasteiger partial charge in [-0.05, 0) is 64.7 Å². The molecule has 2 N–H and O–H groups in total. The first kappa shape index (κ1) is 26.0. The maximum atomic E-state index is 13.2. The van der Waals surface area contributed by atoms with Crippen LogP contribution in [0.4, 0.5) is 4.79 Å². The van der Waals surface area contributed by atoms with E-state index in [4.69, 9.17) is 11.2 Å². The van der Waals surface area contributed by atoms with E-state index in [9.17, 15) is 14.4 Å². The predicted octanol–water partition coefficient (Wildman–Crippen LogP) is 3.59. The molecule has 2 atom stereocenters. The number of nitrogens with one attached hydrogen (secondary N) is 2. The fraction of sp³-hybridized carbons (Fsp3) is 0.542. The van der Waals surface area contributed by atoms with E-state index in [1.54, 1.807) is 26.8 Å². The standard InChI is InChI=1S/C24H35N3O4/c1-9-12-17(4)26-22(29)21(19-14-11-13-16(3)18(19)5)27(10-2)20(28)15-25-23(30)31-24(6,7)8/h2,11,13-14,17,21H,9,12,15H2,1,3-8H3,(H,25,30)(H,26,29). The highest BCUT2D eigenvalue weighted by Gasteiger charge is 2.33. The van der Waals surface area contributed by atoms with Gasteiger partial charge in [-0.2, -0.15) is 0 Å². The number of alkyl carbamates (subject to hydrolysis) is 1. The predicted molar refractivity (Wildman–Crippen MR) is 121 cm³/mol. The minimum atomic E-state index is -1.02. The quantitative estimate of drug-likeness (QED) is 0.488. The van der Waals surface area contributed by atoms with Crippen molar-refractivity contribution in [3.05, 3.63) is 34.9 Å². The largest absolute Gasteiger partial charge is 0.444 e. The van der Waals surface area contributed by atoms with Crippen LogP contribution in [-0.4, -0.2) is 41.0 Å². The number of rotatable bonds is 8. The van der Waals surface area contributed by atoms with Gasteiger partial charge in [0, 0.05) is 12.1 Å². The van der Waals surface area contributed by atoms with Crippen molar-refractivity contribution in [2.75, 3.05) is 6.54 Å². The molecule has 0 saturated heterocycles. The molecule has 7 heteroatoms. The Balaban J connectivity index is 3.18. The average molecular weight is 430 g/mol. The lowest BCUT2D eigenvalue weighted by Crippen LogP contribution is -2.47. The number of ether oxygens (including phenoxy) is 1. The number of hydrogen-bond donors (Lipinski definition) is 2. The van der Waals surface area contributed by atoms with Crippen LogP contribution in [0.2, 0.25) is 0 Å². The summed E-state index contributed by atoms with van der Waals surface area (Å²) in [6, 6.07) is 6.79. The summed E-state index contributed by atoms with van der Waals surface area (Å²) in [7, 11) is 0. The maximum absolute atomic E-state index is 13.2. The van der Waals surface area contributed by atoms with Crippen molar-refractivity contribution in [3.63, 3.8) is 0 Å². The van der Waals surface area contributed by atoms with Crippen molar-refractivity contribution in [2.24, 2.45) is 0 Å². The summed E-state index contributed by atoms with van der Waals surface area (Å²) < 4.78 is 5.16. The van der Waals surface area contributed by atoms with E-state index in [-0.39, 0.29) is 11.9 Å². The van der Waals surface area contributed by atoms with Crippen LogP contribution >= 0.6 is 0 Å². The third kappa shape index (κ3) is 7.97. The summed E-state index contributed by atoms with van der Waals surface area (Å²) in [5, 5.41) is 5.36. The van der Waals surface area contributed by atoms with Gasteiger partial charge in [0.15, 0.2) is 0 Å². The molecule has 170 valence electrons. The number of carbonyl (C=O) groups is 3. The molecule has 3 amide bonds. The Kier molecular flexibility index (Phi) is 9.57. The molecule has 0 heterocycles. The molecule has 7 nitrogen and oxygen atoms in total. The molecule has 0 aliphatic rings. The lowest BCUT2D eigenvalue weighted by atomic mass is 9.95. The number of amides is 3. The molecule has 1 aromatic rings. The zero-order chi connectivity index (χ0) is 23.8. The summed E-state index contributed by atoms with van der Waals surface area (Å²) >= 11 is 0. The SMILES string of the molecule is C#CN(C(=O)CNC(=O)OC(C)(C)C)C(C(=O)NC(C)CCC)c1cccc(C)c1C. The van der Waals surface area contributed by atoms with Gasteiger partial charge in [-0.25, -0.2) is 4.79 Å². The molecule has 1 aromatic carbocycles. The molecule has 2 unspecified atom stereocenters. The Bertz CT molecular complexity index is 836. The van der Waals surface area contributed by atoms with Crippen LogP contribution in [0, 0.1) is 26.3 Å². The van der Waals surface area contributed by atoms with Crippen molar-refractivity contribution in [2.45, 2.75) is 79.0 Å². The number of terminal acetylenes is 1. The van der Waals surface area contributed by atoms with Crippen molar-refractivity contribution < 1.29 is 19.1 Å². The van der Waals surface area contributed by atoms with Crippen molar-refractivity contribution in [1.29, 1.82) is 0 Å². The van der Waals surface area contributed by atoms with Gasteiger partial charge in [0.1, 0.15) is 18.2 Å². The van der Waals surface area contributed by atoms with Crippen molar-refractivity contribution in [1.82, 2.24) is 15.5 Å². The van der Waals surface area contributed by atoms with Gasteiger partial charge in [0.2, 0.25) is 5.91 Å². The second-order valence-electron chi connectivity index (χ2n) is 8.64. The Morgan fingerprint density at radius 2 is 1.87 bits per heavy atom. The lowest BCUT2D eigenvalue weighted by molar-refractivity contribution is -0.136. The highest BCUT2D eigenvalue weighted by molar-refractivity contribution is 5.92. The molecule has 0 aliphatic heterocycles. The van der Waals surface area contributed by atoms with Crippen LogP contribution in [-0.2, 0) is 14.3 Å². The summed E-state index contributed by atoms with van der Waals surface area (Å²) in [5.74, 6) is -0.948. The van der Waals surface area contributed by atoms with Gasteiger partial charge in [-0.3, -0.25) is 14.5 Å². The van der Waals surface area contributed by atoms with Crippen LogP contribution in [0.1, 0.15) is 70.2 Å². The zero-order valence-corrected chi connectivity index (χ0v) is 19.7. The number of hydrogen-bond acceptors (Lipinski definition) is 4. The van der Waals surface area contributed by atoms with Gasteiger partial charge >= 0.3 is 6.09 Å². The van der Waals surface area contributed by atoms with Crippen molar-refractivity contribution in [3.8, 4) is 12.5 Å². The highest BCUT2D eigenvalue weighted by Crippen LogP contribution is 2.26. The lowest BCUT2D eigenvalue weighted by Gasteiger charge is -2.29. The molecule has 0 radical (unpaired) electrons. The summed E-state index contributed by atoms with van der Waals surface area (Å²) in [4.78, 5) is 39.1. The number of aryl methyl sites for hydroxylation is 1. The van der Waals surface area contributed by atoms with Crippen LogP contribution in [0.25, 0.3) is 0 Å². The molecule has 0 saturated carbocycles. The normalized spacial score (nSPS) is 12.8. The Labute approximate surface area is 185 Å². The molecular weight excluding hydrogens is 394 g/mol. The van der Waals surface area contributed by atoms with Crippen LogP contribution in [0.3, 0.4) is 0 Å².